The first-order valence-corrected chi connectivity index (χ1v) is 7.82. The highest BCUT2D eigenvalue weighted by molar-refractivity contribution is 6.33. The molecule has 0 saturated carbocycles. The van der Waals surface area contributed by atoms with Gasteiger partial charge in [0.1, 0.15) is 6.61 Å². The lowest BCUT2D eigenvalue weighted by atomic mass is 10.2. The number of rotatable bonds is 8. The molecule has 0 atom stereocenters. The molecular formula is C17H17ClN2O5. The van der Waals surface area contributed by atoms with Gasteiger partial charge in [0.15, 0.2) is 11.5 Å². The first kappa shape index (κ1) is 18.5. The van der Waals surface area contributed by atoms with Crippen molar-refractivity contribution in [1.29, 1.82) is 0 Å². The van der Waals surface area contributed by atoms with Crippen LogP contribution in [0.4, 0.5) is 5.69 Å². The number of oxime groups is 1. The second kappa shape index (κ2) is 8.89. The molecule has 0 amide bonds. The summed E-state index contributed by atoms with van der Waals surface area (Å²) in [6, 6.07) is 9.49. The minimum Gasteiger partial charge on any atom is -0.493 e. The van der Waals surface area contributed by atoms with Gasteiger partial charge in [-0.3, -0.25) is 10.1 Å². The number of nitrogens with zero attached hydrogens (tertiary/aromatic N) is 2. The first-order valence-electron chi connectivity index (χ1n) is 7.44. The van der Waals surface area contributed by atoms with Crippen molar-refractivity contribution in [2.45, 2.75) is 13.5 Å². The summed E-state index contributed by atoms with van der Waals surface area (Å²) >= 11 is 6.17. The molecule has 2 aromatic rings. The summed E-state index contributed by atoms with van der Waals surface area (Å²) in [5, 5.41) is 15.0. The summed E-state index contributed by atoms with van der Waals surface area (Å²) < 4.78 is 10.7. The maximum absolute atomic E-state index is 10.7. The molecule has 0 spiro atoms. The van der Waals surface area contributed by atoms with Gasteiger partial charge in [0.05, 0.1) is 29.9 Å². The Morgan fingerprint density at radius 2 is 2.08 bits per heavy atom. The van der Waals surface area contributed by atoms with Crippen LogP contribution in [0.2, 0.25) is 5.02 Å². The Hall–Kier alpha value is -2.80. The van der Waals surface area contributed by atoms with Crippen LogP contribution in [0.5, 0.6) is 11.5 Å². The van der Waals surface area contributed by atoms with E-state index in [0.29, 0.717) is 34.3 Å². The highest BCUT2D eigenvalue weighted by Gasteiger charge is 2.09. The lowest BCUT2D eigenvalue weighted by molar-refractivity contribution is -0.384. The number of hydrogen-bond acceptors (Lipinski definition) is 6. The molecule has 0 radical (unpaired) electrons. The molecule has 0 saturated heterocycles. The SMILES string of the molecule is CCOc1cc(/C=N\OCc2cccc([N+](=O)[O-])c2)c(Cl)cc1OC. The van der Waals surface area contributed by atoms with Gasteiger partial charge in [-0.25, -0.2) is 0 Å². The molecule has 2 rings (SSSR count). The van der Waals surface area contributed by atoms with Gasteiger partial charge < -0.3 is 14.3 Å². The van der Waals surface area contributed by atoms with Crippen LogP contribution in [0.1, 0.15) is 18.1 Å². The van der Waals surface area contributed by atoms with E-state index in [4.69, 9.17) is 25.9 Å². The molecule has 0 aliphatic heterocycles. The van der Waals surface area contributed by atoms with Crippen molar-refractivity contribution in [3.63, 3.8) is 0 Å². The third-order valence-electron chi connectivity index (χ3n) is 3.20. The van der Waals surface area contributed by atoms with Crippen molar-refractivity contribution in [2.24, 2.45) is 5.16 Å². The molecule has 8 heteroatoms. The van der Waals surface area contributed by atoms with E-state index in [2.05, 4.69) is 5.16 Å². The van der Waals surface area contributed by atoms with Crippen LogP contribution in [0.15, 0.2) is 41.6 Å². The molecule has 2 aromatic carbocycles. The molecule has 0 aliphatic carbocycles. The Labute approximate surface area is 149 Å². The predicted octanol–water partition coefficient (Wildman–Crippen LogP) is 4.21. The van der Waals surface area contributed by atoms with Gasteiger partial charge in [0.25, 0.3) is 5.69 Å². The number of benzene rings is 2. The van der Waals surface area contributed by atoms with Gasteiger partial charge in [-0.05, 0) is 18.6 Å². The minimum absolute atomic E-state index is 0.00429. The van der Waals surface area contributed by atoms with Crippen LogP contribution in [-0.4, -0.2) is 24.9 Å². The summed E-state index contributed by atoms with van der Waals surface area (Å²) in [6.07, 6.45) is 1.45. The van der Waals surface area contributed by atoms with Crippen LogP contribution in [0, 0.1) is 10.1 Å². The zero-order valence-electron chi connectivity index (χ0n) is 13.8. The van der Waals surface area contributed by atoms with Crippen molar-refractivity contribution in [3.8, 4) is 11.5 Å². The standard InChI is InChI=1S/C17H17ClN2O5/c1-3-24-17-8-13(15(18)9-16(17)23-2)10-19-25-11-12-5-4-6-14(7-12)20(21)22/h4-10H,3,11H2,1-2H3/b19-10-. The number of methoxy groups -OCH3 is 1. The Bertz CT molecular complexity index is 780. The summed E-state index contributed by atoms with van der Waals surface area (Å²) in [7, 11) is 1.53. The lowest BCUT2D eigenvalue weighted by Crippen LogP contribution is -1.97. The van der Waals surface area contributed by atoms with Crippen molar-refractivity contribution in [2.75, 3.05) is 13.7 Å². The third kappa shape index (κ3) is 5.09. The second-order valence-corrected chi connectivity index (χ2v) is 5.30. The van der Waals surface area contributed by atoms with Gasteiger partial charge in [-0.2, -0.15) is 0 Å². The third-order valence-corrected chi connectivity index (χ3v) is 3.53. The van der Waals surface area contributed by atoms with Crippen LogP contribution >= 0.6 is 11.6 Å². The average molecular weight is 365 g/mol. The highest BCUT2D eigenvalue weighted by atomic mass is 35.5. The Kier molecular flexibility index (Phi) is 6.59. The first-order chi connectivity index (χ1) is 12.0. The molecule has 0 N–H and O–H groups in total. The molecule has 0 unspecified atom stereocenters. The number of halogens is 1. The van der Waals surface area contributed by atoms with Crippen LogP contribution in [0.25, 0.3) is 0 Å². The predicted molar refractivity (Wildman–Crippen MR) is 94.7 cm³/mol. The van der Waals surface area contributed by atoms with Crippen molar-refractivity contribution < 1.29 is 19.2 Å². The molecule has 0 aromatic heterocycles. The van der Waals surface area contributed by atoms with E-state index in [-0.39, 0.29) is 12.3 Å². The largest absolute Gasteiger partial charge is 0.493 e. The molecule has 7 nitrogen and oxygen atoms in total. The quantitative estimate of drug-likeness (QED) is 0.398. The van der Waals surface area contributed by atoms with Crippen molar-refractivity contribution in [1.82, 2.24) is 0 Å². The molecule has 0 heterocycles. The van der Waals surface area contributed by atoms with E-state index in [1.165, 1.54) is 25.5 Å². The van der Waals surface area contributed by atoms with E-state index >= 15 is 0 Å². The smallest absolute Gasteiger partial charge is 0.269 e. The monoisotopic (exact) mass is 364 g/mol. The minimum atomic E-state index is -0.459. The lowest BCUT2D eigenvalue weighted by Gasteiger charge is -2.11. The Morgan fingerprint density at radius 1 is 1.28 bits per heavy atom. The summed E-state index contributed by atoms with van der Waals surface area (Å²) in [6.45, 7) is 2.45. The fraction of sp³-hybridized carbons (Fsp3) is 0.235. The van der Waals surface area contributed by atoms with Crippen LogP contribution < -0.4 is 9.47 Å². The number of non-ortho nitro benzene ring substituents is 1. The Balaban J connectivity index is 2.05. The van der Waals surface area contributed by atoms with Gasteiger partial charge in [-0.15, -0.1) is 0 Å². The molecule has 0 fully saturated rings. The van der Waals surface area contributed by atoms with E-state index < -0.39 is 4.92 Å². The molecule has 25 heavy (non-hydrogen) atoms. The normalized spacial score (nSPS) is 10.7. The van der Waals surface area contributed by atoms with E-state index in [9.17, 15) is 10.1 Å². The van der Waals surface area contributed by atoms with Gasteiger partial charge >= 0.3 is 0 Å². The van der Waals surface area contributed by atoms with Crippen LogP contribution in [-0.2, 0) is 11.4 Å². The fourth-order valence-electron chi connectivity index (χ4n) is 2.04. The van der Waals surface area contributed by atoms with Crippen LogP contribution in [0.3, 0.4) is 0 Å². The van der Waals surface area contributed by atoms with Crippen molar-refractivity contribution in [3.05, 3.63) is 62.7 Å². The van der Waals surface area contributed by atoms with Gasteiger partial charge in [0, 0.05) is 23.8 Å². The van der Waals surface area contributed by atoms with Gasteiger partial charge in [0.2, 0.25) is 0 Å². The highest BCUT2D eigenvalue weighted by Crippen LogP contribution is 2.32. The maximum atomic E-state index is 10.7. The topological polar surface area (TPSA) is 83.2 Å². The molecule has 132 valence electrons. The number of hydrogen-bond donors (Lipinski definition) is 0. The fourth-order valence-corrected chi connectivity index (χ4v) is 2.25. The summed E-state index contributed by atoms with van der Waals surface area (Å²) in [5.74, 6) is 1.08. The average Bonchev–Trinajstić information content (AvgIpc) is 2.61. The number of ether oxygens (including phenoxy) is 2. The Morgan fingerprint density at radius 3 is 2.76 bits per heavy atom. The number of nitro groups is 1. The molecular weight excluding hydrogens is 348 g/mol. The summed E-state index contributed by atoms with van der Waals surface area (Å²) in [5.41, 5.74) is 1.25. The van der Waals surface area contributed by atoms with Gasteiger partial charge in [-0.1, -0.05) is 28.9 Å². The zero-order valence-corrected chi connectivity index (χ0v) is 14.5. The summed E-state index contributed by atoms with van der Waals surface area (Å²) in [4.78, 5) is 15.5. The molecule has 0 bridgehead atoms. The number of nitro benzene ring substituents is 1. The molecule has 0 aliphatic rings. The van der Waals surface area contributed by atoms with E-state index in [1.54, 1.807) is 24.3 Å². The zero-order chi connectivity index (χ0) is 18.2. The van der Waals surface area contributed by atoms with E-state index in [0.717, 1.165) is 0 Å². The maximum Gasteiger partial charge on any atom is 0.269 e. The van der Waals surface area contributed by atoms with Crippen molar-refractivity contribution >= 4 is 23.5 Å². The van der Waals surface area contributed by atoms with E-state index in [1.807, 2.05) is 6.92 Å². The second-order valence-electron chi connectivity index (χ2n) is 4.89.